The summed E-state index contributed by atoms with van der Waals surface area (Å²) in [5.74, 6) is 2.59. The van der Waals surface area contributed by atoms with Gasteiger partial charge in [-0.05, 0) is 123 Å². The number of ether oxygens (including phenoxy) is 5. The number of hydrogen-bond acceptors (Lipinski definition) is 20. The van der Waals surface area contributed by atoms with Crippen molar-refractivity contribution in [1.82, 2.24) is 9.97 Å². The second-order valence-corrected chi connectivity index (χ2v) is 34.9. The number of Topliss-reactive ketones (excluding diaryl/α,β-unsaturated/α-hetero) is 2. The first-order valence-corrected chi connectivity index (χ1v) is 42.7. The van der Waals surface area contributed by atoms with E-state index < -0.39 is 5.20 Å². The monoisotopic (exact) mass is 1840 g/mol. The van der Waals surface area contributed by atoms with Crippen LogP contribution in [-0.2, 0) is 4.57 Å². The lowest BCUT2D eigenvalue weighted by Crippen LogP contribution is -2.21. The van der Waals surface area contributed by atoms with Crippen LogP contribution in [-0.4, -0.2) is 69.2 Å². The molecule has 1 unspecified atom stereocenters. The minimum absolute atomic E-state index is 0. The number of aromatic nitrogens is 2. The van der Waals surface area contributed by atoms with Gasteiger partial charge in [0.15, 0.2) is 34.2 Å². The molecule has 0 fully saturated rings. The standard InChI is InChI=1S/C18H11Cl2NO2.C18H14ClNO3.C18H12ClNO3.C18H14ClNO3.C11H10ClNO3.C7H6O.CH4.Cl3OP/c1-22-14-8-7-13-15(16(14)20)17-18(23-13)11(19)9-12(21-17)10-5-3-2-4-6-10;2*1-22-14-8-7-13-15(16(14)19)17-18(23-13)12(21)9-11(20-17)10-5-3-2-4-6-10;1-22-14-10-9-13-15(16(14)19)17(20)18(23-13)12(21)8-7-11-5-3-2-4-6-11;1-5(14)11-10(13)8-6(16-11)3-4-7(15-2)9(8)12;8-6-7-4-2-1-3-5-7;;1-5(2,3)4/h2-9H,1H3;2-8,11,20H,9H2,1H3;2-9H,1H3,(H,20,21);2-10H,20H2,1H3;3-4H,13H2,1-2H3;1-6H;1H4;/b;;;8-7+;;;;. The lowest BCUT2D eigenvalue weighted by atomic mass is 9.95. The summed E-state index contributed by atoms with van der Waals surface area (Å²) in [5.41, 5.74) is 23.5. The van der Waals surface area contributed by atoms with Crippen LogP contribution in [0.15, 0.2) is 257 Å². The molecule has 0 amide bonds. The summed E-state index contributed by atoms with van der Waals surface area (Å²) in [6.45, 7) is 1.39. The Morgan fingerprint density at radius 1 is 0.492 bits per heavy atom. The number of aromatic amines is 1. The van der Waals surface area contributed by atoms with Crippen LogP contribution in [0, 0.1) is 0 Å². The number of benzene rings is 10. The number of pyridine rings is 2. The van der Waals surface area contributed by atoms with Gasteiger partial charge in [0, 0.05) is 36.2 Å². The molecule has 1 atom stereocenters. The van der Waals surface area contributed by atoms with E-state index in [9.17, 15) is 28.5 Å². The number of halogens is 9. The highest BCUT2D eigenvalue weighted by Crippen LogP contribution is 2.61. The van der Waals surface area contributed by atoms with Crippen LogP contribution in [0.2, 0.25) is 30.1 Å². The highest BCUT2D eigenvalue weighted by molar-refractivity contribution is 8.24. The fourth-order valence-electron chi connectivity index (χ4n) is 12.8. The number of nitrogen functional groups attached to an aromatic ring is 2. The van der Waals surface area contributed by atoms with Gasteiger partial charge < -0.3 is 67.5 Å². The molecule has 31 heteroatoms. The summed E-state index contributed by atoms with van der Waals surface area (Å²) < 4.78 is 63.6. The molecule has 0 bridgehead atoms. The first kappa shape index (κ1) is 90.9. The molecule has 0 aliphatic carbocycles. The fraction of sp³-hybridized carbons (Fsp3) is 0.0989. The number of fused-ring (bicyclic) bond motifs is 11. The van der Waals surface area contributed by atoms with Gasteiger partial charge in [0.25, 0.3) is 0 Å². The number of nitrogens with two attached hydrogens (primary N) is 2. The molecule has 1 aliphatic rings. The largest absolute Gasteiger partial charge is 0.495 e. The Morgan fingerprint density at radius 3 is 1.37 bits per heavy atom. The van der Waals surface area contributed by atoms with Crippen molar-refractivity contribution in [1.29, 1.82) is 0 Å². The van der Waals surface area contributed by atoms with Crippen molar-refractivity contribution >= 4 is 232 Å². The fourth-order valence-corrected chi connectivity index (χ4v) is 14.7. The Balaban J connectivity index is 0.000000144. The molecule has 10 aromatic carbocycles. The van der Waals surface area contributed by atoms with Crippen LogP contribution in [0.1, 0.15) is 80.0 Å². The molecular formula is C91H71Cl9N5O16P. The number of furan rings is 5. The third kappa shape index (κ3) is 20.5. The second kappa shape index (κ2) is 40.7. The molecule has 6 N–H and O–H groups in total. The lowest BCUT2D eigenvalue weighted by molar-refractivity contribution is 0.0944. The number of methoxy groups -OCH3 is 5. The first-order chi connectivity index (χ1) is 58.2. The summed E-state index contributed by atoms with van der Waals surface area (Å²) >= 11 is 51.9. The van der Waals surface area contributed by atoms with Crippen LogP contribution >= 0.6 is 109 Å². The molecule has 122 heavy (non-hydrogen) atoms. The molecule has 0 saturated carbocycles. The highest BCUT2D eigenvalue weighted by Gasteiger charge is 2.33. The molecule has 17 aromatic rings. The second-order valence-electron chi connectivity index (χ2n) is 26.0. The van der Waals surface area contributed by atoms with Crippen LogP contribution in [0.25, 0.3) is 106 Å². The number of anilines is 3. The van der Waals surface area contributed by atoms with Crippen molar-refractivity contribution in [3.63, 3.8) is 0 Å². The van der Waals surface area contributed by atoms with E-state index in [1.165, 1.54) is 33.3 Å². The molecule has 7 aromatic heterocycles. The van der Waals surface area contributed by atoms with Gasteiger partial charge >= 0.3 is 5.20 Å². The van der Waals surface area contributed by atoms with Gasteiger partial charge in [-0.15, -0.1) is 0 Å². The summed E-state index contributed by atoms with van der Waals surface area (Å²) in [6.07, 6.45) is 4.32. The van der Waals surface area contributed by atoms with Crippen molar-refractivity contribution in [2.24, 2.45) is 0 Å². The van der Waals surface area contributed by atoms with Crippen molar-refractivity contribution in [2.45, 2.75) is 26.8 Å². The van der Waals surface area contributed by atoms with Gasteiger partial charge in [-0.2, -0.15) is 0 Å². The number of allylic oxidation sites excluding steroid dienone is 1. The molecule has 0 spiro atoms. The predicted molar refractivity (Wildman–Crippen MR) is 492 cm³/mol. The topological polar surface area (TPSA) is 307 Å². The smallest absolute Gasteiger partial charge is 0.339 e. The zero-order chi connectivity index (χ0) is 86.5. The van der Waals surface area contributed by atoms with E-state index in [0.29, 0.717) is 154 Å². The Hall–Kier alpha value is -11.8. The maximum absolute atomic E-state index is 12.5. The van der Waals surface area contributed by atoms with Gasteiger partial charge in [-0.1, -0.05) is 235 Å². The molecule has 8 heterocycles. The number of nitrogens with one attached hydrogen (secondary N) is 2. The summed E-state index contributed by atoms with van der Waals surface area (Å²) in [7, 11) is 7.71. The minimum atomic E-state index is -3.22. The molecule has 21 nitrogen and oxygen atoms in total. The van der Waals surface area contributed by atoms with Crippen LogP contribution in [0.3, 0.4) is 0 Å². The molecule has 1 aliphatic heterocycles. The molecule has 624 valence electrons. The SMILES string of the molecule is C.COc1ccc2oc(C(=O)/C=C/c3ccccc3)c(N)c2c1Cl.COc1ccc2oc(C(C)=O)c(N)c2c1Cl.COc1ccc2oc3c(=O)cc(-c4ccccc4)[nH]c3c2c1Cl.COc1ccc2oc3c(Cl)cc(-c4ccccc4)nc3c2c1Cl.COc1ccc2oc3c(c2c1Cl)NC(c1ccccc1)CC3=O.O=Cc1ccccc1.O=P(Cl)(Cl)Cl. The number of aldehydes is 1. The van der Waals surface area contributed by atoms with Crippen LogP contribution < -0.4 is 45.9 Å². The van der Waals surface area contributed by atoms with Gasteiger partial charge in [0.1, 0.15) is 68.5 Å². The van der Waals surface area contributed by atoms with Gasteiger partial charge in [0.2, 0.25) is 17.0 Å². The van der Waals surface area contributed by atoms with E-state index in [2.05, 4.69) is 44.0 Å². The zero-order valence-corrected chi connectivity index (χ0v) is 72.1. The van der Waals surface area contributed by atoms with Crippen molar-refractivity contribution in [2.75, 3.05) is 52.3 Å². The third-order valence-corrected chi connectivity index (χ3v) is 20.6. The number of nitrogens with zero attached hydrogens (tertiary/aromatic N) is 1. The first-order valence-electron chi connectivity index (χ1n) is 36.1. The molecule has 0 radical (unpaired) electrons. The normalized spacial score (nSPS) is 12.0. The predicted octanol–water partition coefficient (Wildman–Crippen LogP) is 27.8. The van der Waals surface area contributed by atoms with Crippen molar-refractivity contribution < 1.29 is 69.5 Å². The third-order valence-electron chi connectivity index (χ3n) is 18.4. The quantitative estimate of drug-likeness (QED) is 0.0361. The Bertz CT molecular complexity index is 6830. The number of carbonyl (C=O) groups excluding carboxylic acids is 4. The molecular weight excluding hydrogens is 1770 g/mol. The van der Waals surface area contributed by atoms with E-state index >= 15 is 0 Å². The van der Waals surface area contributed by atoms with E-state index in [4.69, 9.17) is 132 Å². The Kier molecular flexibility index (Phi) is 30.3. The van der Waals surface area contributed by atoms with Crippen molar-refractivity contribution in [3.05, 3.63) is 305 Å². The average molecular weight is 1840 g/mol. The molecule has 0 saturated heterocycles. The number of ketones is 3. The van der Waals surface area contributed by atoms with Crippen LogP contribution in [0.5, 0.6) is 28.7 Å². The number of rotatable bonds is 13. The maximum atomic E-state index is 12.5. The van der Waals surface area contributed by atoms with E-state index in [0.717, 1.165) is 39.8 Å². The average Bonchev–Trinajstić information content (AvgIpc) is 1.61. The summed E-state index contributed by atoms with van der Waals surface area (Å²) in [6, 6.07) is 68.4. The van der Waals surface area contributed by atoms with Crippen LogP contribution in [0.4, 0.5) is 17.1 Å². The van der Waals surface area contributed by atoms with E-state index in [1.54, 1.807) is 106 Å². The number of carbonyl (C=O) groups is 4. The zero-order valence-electron chi connectivity index (χ0n) is 64.4. The number of H-pyrrole nitrogens is 1. The Morgan fingerprint density at radius 2 is 0.893 bits per heavy atom. The maximum Gasteiger partial charge on any atom is 0.339 e. The summed E-state index contributed by atoms with van der Waals surface area (Å²) in [4.78, 5) is 66.5. The summed E-state index contributed by atoms with van der Waals surface area (Å²) in [5, 5.41) is 5.76. The highest BCUT2D eigenvalue weighted by atomic mass is 36.0. The van der Waals surface area contributed by atoms with E-state index in [1.807, 2.05) is 140 Å². The minimum Gasteiger partial charge on any atom is -0.495 e. The Labute approximate surface area is 741 Å². The van der Waals surface area contributed by atoms with Gasteiger partial charge in [0.05, 0.1) is 127 Å². The molecule has 18 rings (SSSR count). The lowest BCUT2D eigenvalue weighted by Gasteiger charge is -2.23. The van der Waals surface area contributed by atoms with Crippen molar-refractivity contribution in [3.8, 4) is 51.3 Å². The van der Waals surface area contributed by atoms with E-state index in [-0.39, 0.29) is 64.7 Å². The van der Waals surface area contributed by atoms with Gasteiger partial charge in [-0.3, -0.25) is 28.5 Å². The number of hydrogen-bond donors (Lipinski definition) is 4. The van der Waals surface area contributed by atoms with Gasteiger partial charge in [-0.25, -0.2) is 4.98 Å².